The number of anilines is 1. The molecule has 1 aliphatic carbocycles. The molecule has 0 bridgehead atoms. The lowest BCUT2D eigenvalue weighted by atomic mass is 9.98. The maximum atomic E-state index is 13.7. The monoisotopic (exact) mass is 417 g/mol. The Balaban J connectivity index is 1.22. The minimum Gasteiger partial charge on any atom is -0.371 e. The Morgan fingerprint density at radius 1 is 0.935 bits per heavy atom. The highest BCUT2D eigenvalue weighted by molar-refractivity contribution is 5.78. The second-order valence-corrected chi connectivity index (χ2v) is 9.01. The summed E-state index contributed by atoms with van der Waals surface area (Å²) in [5, 5.41) is 1.17. The number of hydrogen-bond acceptors (Lipinski definition) is 3. The average molecular weight is 418 g/mol. The maximum Gasteiger partial charge on any atom is 0.251 e. The molecule has 2 aromatic carbocycles. The third-order valence-electron chi connectivity index (χ3n) is 6.99. The molecule has 1 saturated heterocycles. The van der Waals surface area contributed by atoms with Crippen molar-refractivity contribution in [2.75, 3.05) is 18.0 Å². The summed E-state index contributed by atoms with van der Waals surface area (Å²) in [6, 6.07) is 19.3. The van der Waals surface area contributed by atoms with Gasteiger partial charge in [0.15, 0.2) is 0 Å². The Kier molecular flexibility index (Phi) is 4.27. The van der Waals surface area contributed by atoms with Gasteiger partial charge >= 0.3 is 0 Å². The van der Waals surface area contributed by atoms with Crippen molar-refractivity contribution in [1.82, 2.24) is 9.88 Å². The molecule has 2 fully saturated rings. The number of pyridine rings is 1. The second-order valence-electron chi connectivity index (χ2n) is 9.01. The number of para-hydroxylation sites is 1. The highest BCUT2D eigenvalue weighted by Gasteiger charge is 2.44. The fourth-order valence-corrected chi connectivity index (χ4v) is 5.08. The molecule has 158 valence electrons. The Morgan fingerprint density at radius 2 is 1.77 bits per heavy atom. The van der Waals surface area contributed by atoms with Crippen molar-refractivity contribution in [3.8, 4) is 0 Å². The van der Waals surface area contributed by atoms with Crippen LogP contribution < -0.4 is 4.90 Å². The summed E-state index contributed by atoms with van der Waals surface area (Å²) in [5.74, 6) is -2.08. The van der Waals surface area contributed by atoms with Gasteiger partial charge in [0.1, 0.15) is 0 Å². The molecule has 2 aliphatic heterocycles. The molecule has 0 amide bonds. The van der Waals surface area contributed by atoms with E-state index in [1.165, 1.54) is 16.5 Å². The van der Waals surface area contributed by atoms with Crippen molar-refractivity contribution < 1.29 is 8.78 Å². The van der Waals surface area contributed by atoms with Gasteiger partial charge in [-0.1, -0.05) is 36.4 Å². The predicted octanol–water partition coefficient (Wildman–Crippen LogP) is 5.81. The molecule has 31 heavy (non-hydrogen) atoms. The molecule has 3 aliphatic rings. The van der Waals surface area contributed by atoms with Crippen molar-refractivity contribution in [3.63, 3.8) is 0 Å². The largest absolute Gasteiger partial charge is 0.371 e. The Hall–Kier alpha value is -2.95. The molecule has 0 radical (unpaired) electrons. The molecule has 0 spiro atoms. The molecule has 3 heterocycles. The number of hydrogen-bond donors (Lipinski definition) is 0. The van der Waals surface area contributed by atoms with Crippen LogP contribution in [0.25, 0.3) is 17.0 Å². The van der Waals surface area contributed by atoms with Crippen LogP contribution >= 0.6 is 0 Å². The first kappa shape index (κ1) is 18.8. The van der Waals surface area contributed by atoms with Gasteiger partial charge in [-0.15, -0.1) is 0 Å². The smallest absolute Gasteiger partial charge is 0.251 e. The molecule has 5 heteroatoms. The summed E-state index contributed by atoms with van der Waals surface area (Å²) in [6.07, 6.45) is 5.35. The number of rotatable bonds is 3. The highest BCUT2D eigenvalue weighted by Crippen LogP contribution is 2.47. The van der Waals surface area contributed by atoms with Gasteiger partial charge < -0.3 is 9.80 Å². The summed E-state index contributed by atoms with van der Waals surface area (Å²) in [5.41, 5.74) is 5.78. The average Bonchev–Trinajstić information content (AvgIpc) is 3.59. The van der Waals surface area contributed by atoms with Gasteiger partial charge in [0.05, 0.1) is 5.52 Å². The van der Waals surface area contributed by atoms with Crippen LogP contribution in [0.3, 0.4) is 0 Å². The van der Waals surface area contributed by atoms with Gasteiger partial charge in [-0.2, -0.15) is 0 Å². The number of aromatic nitrogens is 1. The van der Waals surface area contributed by atoms with Crippen molar-refractivity contribution >= 4 is 22.7 Å². The van der Waals surface area contributed by atoms with Crippen LogP contribution in [0, 0.1) is 0 Å². The van der Waals surface area contributed by atoms with E-state index in [4.69, 9.17) is 4.98 Å². The first-order chi connectivity index (χ1) is 15.1. The normalized spacial score (nSPS) is 24.3. The quantitative estimate of drug-likeness (QED) is 0.536. The molecule has 3 nitrogen and oxygen atoms in total. The second kappa shape index (κ2) is 7.04. The summed E-state index contributed by atoms with van der Waals surface area (Å²) < 4.78 is 27.3. The Labute approximate surface area is 181 Å². The van der Waals surface area contributed by atoms with Crippen LogP contribution in [-0.4, -0.2) is 34.9 Å². The highest BCUT2D eigenvalue weighted by atomic mass is 19.3. The first-order valence-electron chi connectivity index (χ1n) is 11.1. The van der Waals surface area contributed by atoms with Crippen LogP contribution in [0.15, 0.2) is 60.8 Å². The van der Waals surface area contributed by atoms with Crippen molar-refractivity contribution in [2.45, 2.75) is 43.7 Å². The zero-order valence-electron chi connectivity index (χ0n) is 17.3. The van der Waals surface area contributed by atoms with E-state index in [1.807, 2.05) is 18.2 Å². The van der Waals surface area contributed by atoms with E-state index in [2.05, 4.69) is 58.5 Å². The predicted molar refractivity (Wildman–Crippen MR) is 120 cm³/mol. The molecule has 3 aromatic rings. The van der Waals surface area contributed by atoms with Gasteiger partial charge in [0, 0.05) is 73.0 Å². The number of fused-ring (bicyclic) bond motifs is 2. The topological polar surface area (TPSA) is 19.4 Å². The molecule has 0 N–H and O–H groups in total. The van der Waals surface area contributed by atoms with Gasteiger partial charge in [-0.3, -0.25) is 4.98 Å². The first-order valence-corrected chi connectivity index (χ1v) is 11.1. The molecular weight excluding hydrogens is 392 g/mol. The van der Waals surface area contributed by atoms with Crippen LogP contribution in [0.5, 0.6) is 0 Å². The van der Waals surface area contributed by atoms with Crippen LogP contribution in [0.4, 0.5) is 14.5 Å². The number of nitrogens with zero attached hydrogens (tertiary/aromatic N) is 3. The number of piperidine rings is 1. The summed E-state index contributed by atoms with van der Waals surface area (Å²) in [4.78, 5) is 9.45. The zero-order chi connectivity index (χ0) is 21.0. The van der Waals surface area contributed by atoms with Crippen molar-refractivity contribution in [2.24, 2.45) is 0 Å². The summed E-state index contributed by atoms with van der Waals surface area (Å²) in [7, 11) is 0. The van der Waals surface area contributed by atoms with Gasteiger partial charge in [0.2, 0.25) is 0 Å². The van der Waals surface area contributed by atoms with Crippen molar-refractivity contribution in [3.05, 3.63) is 77.6 Å². The fourth-order valence-electron chi connectivity index (χ4n) is 5.08. The van der Waals surface area contributed by atoms with E-state index >= 15 is 0 Å². The third kappa shape index (κ3) is 3.46. The Morgan fingerprint density at radius 3 is 2.65 bits per heavy atom. The fraction of sp³-hybridized carbons (Fsp3) is 0.346. The lowest BCUT2D eigenvalue weighted by molar-refractivity contribution is -0.0220. The lowest BCUT2D eigenvalue weighted by Crippen LogP contribution is -2.40. The number of alkyl halides is 2. The summed E-state index contributed by atoms with van der Waals surface area (Å²) >= 11 is 0. The SMILES string of the molecule is FC1(F)CCN(c2cccc3c2CN([C@@H]2C[C@H]2c2ccc4ccccc4n2)C=C3)CC1. The van der Waals surface area contributed by atoms with E-state index in [1.54, 1.807) is 0 Å². The van der Waals surface area contributed by atoms with E-state index in [0.29, 0.717) is 25.0 Å². The van der Waals surface area contributed by atoms with E-state index < -0.39 is 5.92 Å². The standard InChI is InChI=1S/C26H25F2N3/c27-26(28)11-14-30(15-12-26)24-7-3-5-18-10-13-31(17-21(18)24)25-16-20(25)23-9-8-19-4-1-2-6-22(19)29-23/h1-10,13,20,25H,11-12,14-17H2/t20-,25+/m0/s1. The van der Waals surface area contributed by atoms with Gasteiger partial charge in [-0.25, -0.2) is 8.78 Å². The minimum atomic E-state index is -2.52. The molecule has 1 aromatic heterocycles. The van der Waals surface area contributed by atoms with E-state index in [9.17, 15) is 8.78 Å². The van der Waals surface area contributed by atoms with Crippen LogP contribution in [0.2, 0.25) is 0 Å². The number of benzene rings is 2. The maximum absolute atomic E-state index is 13.7. The van der Waals surface area contributed by atoms with E-state index in [0.717, 1.165) is 29.9 Å². The molecular formula is C26H25F2N3. The third-order valence-corrected chi connectivity index (χ3v) is 6.99. The molecule has 1 saturated carbocycles. The number of halogens is 2. The van der Waals surface area contributed by atoms with Gasteiger partial charge in [0.25, 0.3) is 5.92 Å². The van der Waals surface area contributed by atoms with E-state index in [-0.39, 0.29) is 12.8 Å². The zero-order valence-corrected chi connectivity index (χ0v) is 17.3. The Bertz CT molecular complexity index is 1160. The molecule has 2 atom stereocenters. The van der Waals surface area contributed by atoms with Crippen LogP contribution in [0.1, 0.15) is 42.0 Å². The lowest BCUT2D eigenvalue weighted by Gasteiger charge is -2.36. The van der Waals surface area contributed by atoms with Gasteiger partial charge in [-0.05, 0) is 36.3 Å². The van der Waals surface area contributed by atoms with Crippen molar-refractivity contribution in [1.29, 1.82) is 0 Å². The molecule has 6 rings (SSSR count). The molecule has 0 unspecified atom stereocenters. The summed E-state index contributed by atoms with van der Waals surface area (Å²) in [6.45, 7) is 1.66. The minimum absolute atomic E-state index is 0.0610. The van der Waals surface area contributed by atoms with Crippen LogP contribution in [-0.2, 0) is 6.54 Å².